The number of terminal acetylenes is 1. The number of aliphatic hydroxyl groups excluding tert-OH is 1. The zero-order valence-electron chi connectivity index (χ0n) is 17.8. The van der Waals surface area contributed by atoms with Gasteiger partial charge in [0.05, 0.1) is 17.0 Å². The lowest BCUT2D eigenvalue weighted by Gasteiger charge is -2.35. The van der Waals surface area contributed by atoms with Crippen LogP contribution in [0.1, 0.15) is 33.6 Å². The van der Waals surface area contributed by atoms with Crippen LogP contribution in [0.2, 0.25) is 0 Å². The molecule has 3 rings (SSSR count). The number of benzene rings is 1. The van der Waals surface area contributed by atoms with Crippen molar-refractivity contribution >= 4 is 47.2 Å². The van der Waals surface area contributed by atoms with Crippen LogP contribution in [0.3, 0.4) is 0 Å². The molecule has 0 saturated carbocycles. The van der Waals surface area contributed by atoms with E-state index in [2.05, 4.69) is 20.7 Å². The van der Waals surface area contributed by atoms with Crippen molar-refractivity contribution < 1.29 is 28.1 Å². The van der Waals surface area contributed by atoms with Crippen LogP contribution in [-0.4, -0.2) is 48.0 Å². The molecule has 2 aliphatic rings. The third-order valence-electron chi connectivity index (χ3n) is 5.08. The largest absolute Gasteiger partial charge is 0.509 e. The summed E-state index contributed by atoms with van der Waals surface area (Å²) in [7, 11) is -4.35. The van der Waals surface area contributed by atoms with Gasteiger partial charge in [0, 0.05) is 18.7 Å². The van der Waals surface area contributed by atoms with E-state index < -0.39 is 36.2 Å². The van der Waals surface area contributed by atoms with Crippen molar-refractivity contribution in [1.82, 2.24) is 4.90 Å². The van der Waals surface area contributed by atoms with E-state index in [1.807, 2.05) is 20.8 Å². The van der Waals surface area contributed by atoms with Crippen molar-refractivity contribution in [3.8, 4) is 12.3 Å². The minimum absolute atomic E-state index is 0.0968. The second kappa shape index (κ2) is 8.71. The van der Waals surface area contributed by atoms with Crippen LogP contribution in [0, 0.1) is 17.8 Å². The van der Waals surface area contributed by atoms with Gasteiger partial charge in [-0.15, -0.1) is 12.3 Å². The van der Waals surface area contributed by atoms with Crippen LogP contribution in [0.25, 0.3) is 0 Å². The molecule has 172 valence electrons. The van der Waals surface area contributed by atoms with Gasteiger partial charge in [-0.3, -0.25) is 18.6 Å². The SMILES string of the molecule is C#CCCCN1C(=O)C(C2=NP(=O)(O)c3cc(NS(=O)O)ccc3N2)=C(O)C1C(C)(C)C. The molecule has 10 nitrogen and oxygen atoms in total. The lowest BCUT2D eigenvalue weighted by molar-refractivity contribution is -0.128. The number of fused-ring (bicyclic) bond motifs is 1. The first kappa shape index (κ1) is 24.0. The number of amides is 1. The van der Waals surface area contributed by atoms with Crippen LogP contribution in [0.4, 0.5) is 11.4 Å². The number of nitrogens with zero attached hydrogens (tertiary/aromatic N) is 2. The van der Waals surface area contributed by atoms with E-state index in [1.165, 1.54) is 23.1 Å². The van der Waals surface area contributed by atoms with Crippen molar-refractivity contribution in [1.29, 1.82) is 0 Å². The van der Waals surface area contributed by atoms with E-state index in [0.29, 0.717) is 19.4 Å². The molecule has 5 N–H and O–H groups in total. The van der Waals surface area contributed by atoms with E-state index >= 15 is 0 Å². The molecule has 0 saturated heterocycles. The fraction of sp³-hybridized carbons (Fsp3) is 0.400. The molecular formula is C20H25N4O6PS. The van der Waals surface area contributed by atoms with Crippen LogP contribution in [0.5, 0.6) is 0 Å². The lowest BCUT2D eigenvalue weighted by Crippen LogP contribution is -2.44. The second-order valence-corrected chi connectivity index (χ2v) is 11.0. The van der Waals surface area contributed by atoms with Gasteiger partial charge in [-0.2, -0.15) is 4.76 Å². The maximum atomic E-state index is 13.3. The molecule has 0 radical (unpaired) electrons. The van der Waals surface area contributed by atoms with Crippen LogP contribution in [0.15, 0.2) is 34.3 Å². The number of nitrogens with one attached hydrogen (secondary N) is 2. The maximum absolute atomic E-state index is 13.3. The molecule has 32 heavy (non-hydrogen) atoms. The zero-order chi connectivity index (χ0) is 23.8. The number of amidine groups is 1. The van der Waals surface area contributed by atoms with Gasteiger partial charge in [0.15, 0.2) is 5.84 Å². The standard InChI is InChI=1S/C20H25N4O6PS/c1-5-6-7-10-24-17(20(2,3)4)16(25)15(19(24)26)18-21-13-9-8-12(23-32(29)30)11-14(13)31(27,28)22-18/h1,8-9,11,17,23,25H,6-7,10H2,2-4H3,(H,29,30)(H2,21,22,27,28). The summed E-state index contributed by atoms with van der Waals surface area (Å²) >= 11 is -2.36. The van der Waals surface area contributed by atoms with Gasteiger partial charge in [-0.25, -0.2) is 4.21 Å². The van der Waals surface area contributed by atoms with E-state index in [0.717, 1.165) is 0 Å². The zero-order valence-corrected chi connectivity index (χ0v) is 19.5. The summed E-state index contributed by atoms with van der Waals surface area (Å²) in [4.78, 5) is 25.3. The number of hydrogen-bond acceptors (Lipinski definition) is 5. The quantitative estimate of drug-likeness (QED) is 0.181. The predicted molar refractivity (Wildman–Crippen MR) is 124 cm³/mol. The van der Waals surface area contributed by atoms with E-state index in [1.54, 1.807) is 0 Å². The molecule has 12 heteroatoms. The summed E-state index contributed by atoms with van der Waals surface area (Å²) < 4.78 is 39.0. The van der Waals surface area contributed by atoms with E-state index in [-0.39, 0.29) is 33.8 Å². The second-order valence-electron chi connectivity index (χ2n) is 8.54. The molecule has 1 amide bonds. The Morgan fingerprint density at radius 2 is 2.09 bits per heavy atom. The molecule has 0 aliphatic carbocycles. The fourth-order valence-corrected chi connectivity index (χ4v) is 5.44. The van der Waals surface area contributed by atoms with Crippen LogP contribution < -0.4 is 15.3 Å². The molecule has 2 aliphatic heterocycles. The normalized spacial score (nSPS) is 23.9. The lowest BCUT2D eigenvalue weighted by atomic mass is 9.85. The van der Waals surface area contributed by atoms with Gasteiger partial charge in [0.2, 0.25) is 0 Å². The molecule has 0 aromatic heterocycles. The smallest absolute Gasteiger partial charge is 0.346 e. The highest BCUT2D eigenvalue weighted by molar-refractivity contribution is 7.80. The van der Waals surface area contributed by atoms with Crippen molar-refractivity contribution in [2.24, 2.45) is 10.2 Å². The first-order valence-electron chi connectivity index (χ1n) is 9.77. The van der Waals surface area contributed by atoms with Gasteiger partial charge in [-0.1, -0.05) is 20.8 Å². The minimum Gasteiger partial charge on any atom is -0.509 e. The minimum atomic E-state index is -4.35. The summed E-state index contributed by atoms with van der Waals surface area (Å²) in [6.45, 7) is 5.94. The number of carbonyl (C=O) groups is 1. The van der Waals surface area contributed by atoms with Crippen molar-refractivity contribution in [3.63, 3.8) is 0 Å². The Bertz CT molecular complexity index is 1130. The summed E-state index contributed by atoms with van der Waals surface area (Å²) in [6, 6.07) is 3.42. The molecular weight excluding hydrogens is 455 g/mol. The number of rotatable bonds is 6. The van der Waals surface area contributed by atoms with Gasteiger partial charge in [0.1, 0.15) is 11.3 Å². The highest BCUT2D eigenvalue weighted by Crippen LogP contribution is 2.48. The van der Waals surface area contributed by atoms with Crippen LogP contribution in [-0.2, 0) is 20.6 Å². The van der Waals surface area contributed by atoms with Crippen molar-refractivity contribution in [2.75, 3.05) is 16.6 Å². The Morgan fingerprint density at radius 1 is 1.41 bits per heavy atom. The highest BCUT2D eigenvalue weighted by Gasteiger charge is 2.48. The number of aliphatic hydroxyl groups is 1. The van der Waals surface area contributed by atoms with E-state index in [4.69, 9.17) is 11.0 Å². The molecule has 0 bridgehead atoms. The Kier molecular flexibility index (Phi) is 6.54. The number of hydrogen-bond donors (Lipinski definition) is 5. The highest BCUT2D eigenvalue weighted by atomic mass is 32.2. The Hall–Kier alpha value is -2.64. The fourth-order valence-electron chi connectivity index (χ4n) is 3.83. The summed E-state index contributed by atoms with van der Waals surface area (Å²) in [5, 5.41) is 13.8. The van der Waals surface area contributed by atoms with Gasteiger partial charge in [0.25, 0.3) is 17.2 Å². The van der Waals surface area contributed by atoms with Crippen molar-refractivity contribution in [3.05, 3.63) is 29.5 Å². The average Bonchev–Trinajstić information content (AvgIpc) is 2.91. The topological polar surface area (TPSA) is 152 Å². The number of carbonyl (C=O) groups excluding carboxylic acids is 1. The molecule has 3 atom stereocenters. The first-order valence-corrected chi connectivity index (χ1v) is 12.5. The molecule has 1 aromatic carbocycles. The van der Waals surface area contributed by atoms with E-state index in [9.17, 15) is 23.6 Å². The summed E-state index contributed by atoms with van der Waals surface area (Å²) in [6.07, 6.45) is 6.32. The third kappa shape index (κ3) is 4.59. The average molecular weight is 480 g/mol. The summed E-state index contributed by atoms with van der Waals surface area (Å²) in [5.74, 6) is 1.58. The summed E-state index contributed by atoms with van der Waals surface area (Å²) in [5.41, 5.74) is -0.343. The molecule has 3 unspecified atom stereocenters. The number of anilines is 2. The van der Waals surface area contributed by atoms with Gasteiger partial charge in [-0.05, 0) is 30.0 Å². The Morgan fingerprint density at radius 3 is 2.69 bits per heavy atom. The first-order chi connectivity index (χ1) is 14.9. The van der Waals surface area contributed by atoms with Gasteiger partial charge >= 0.3 is 7.52 Å². The molecule has 2 heterocycles. The van der Waals surface area contributed by atoms with Crippen LogP contribution >= 0.6 is 7.52 Å². The number of unbranched alkanes of at least 4 members (excludes halogenated alkanes) is 1. The molecule has 1 aromatic rings. The monoisotopic (exact) mass is 480 g/mol. The predicted octanol–water partition coefficient (Wildman–Crippen LogP) is 2.35. The molecule has 0 spiro atoms. The Balaban J connectivity index is 2.03. The third-order valence-corrected chi connectivity index (χ3v) is 6.96. The van der Waals surface area contributed by atoms with Crippen molar-refractivity contribution in [2.45, 2.75) is 39.7 Å². The molecule has 0 fully saturated rings. The Labute approximate surface area is 188 Å². The van der Waals surface area contributed by atoms with Gasteiger partial charge < -0.3 is 20.2 Å². The maximum Gasteiger partial charge on any atom is 0.346 e.